The van der Waals surface area contributed by atoms with Crippen molar-refractivity contribution in [1.82, 2.24) is 0 Å². The predicted octanol–water partition coefficient (Wildman–Crippen LogP) is 1.84. The van der Waals surface area contributed by atoms with Gasteiger partial charge in [-0.1, -0.05) is 35.9 Å². The standard InChI is InChI=1S/C21H25ClO6/c1-2-27-15-6-3-12(4-7-15)9-14-10-13(5-8-16(14)22)21-20(26)19(25)18(24)17(11-23)28-21/h3-8,10,17-21,23-26H,2,9,11H2,1H3/t17-,18+,19+,20-,21-/m1/s1. The minimum atomic E-state index is -1.42. The lowest BCUT2D eigenvalue weighted by atomic mass is 9.90. The summed E-state index contributed by atoms with van der Waals surface area (Å²) in [4.78, 5) is 0. The quantitative estimate of drug-likeness (QED) is 0.582. The van der Waals surface area contributed by atoms with Crippen LogP contribution in [0.25, 0.3) is 0 Å². The van der Waals surface area contributed by atoms with Crippen molar-refractivity contribution in [2.24, 2.45) is 0 Å². The smallest absolute Gasteiger partial charge is 0.119 e. The van der Waals surface area contributed by atoms with Gasteiger partial charge < -0.3 is 29.9 Å². The minimum Gasteiger partial charge on any atom is -0.494 e. The predicted molar refractivity (Wildman–Crippen MR) is 105 cm³/mol. The summed E-state index contributed by atoms with van der Waals surface area (Å²) in [6.07, 6.45) is -5.39. The van der Waals surface area contributed by atoms with E-state index in [4.69, 9.17) is 21.1 Å². The lowest BCUT2D eigenvalue weighted by Crippen LogP contribution is -2.55. The highest BCUT2D eigenvalue weighted by Crippen LogP contribution is 2.34. The zero-order valence-electron chi connectivity index (χ0n) is 15.5. The number of rotatable bonds is 6. The SMILES string of the molecule is CCOc1ccc(Cc2cc([C@H]3O[C@H](CO)[C@H](O)[C@H](O)[C@H]3O)ccc2Cl)cc1. The number of ether oxygens (including phenoxy) is 2. The molecular formula is C21H25ClO6. The van der Waals surface area contributed by atoms with Crippen molar-refractivity contribution >= 4 is 11.6 Å². The summed E-state index contributed by atoms with van der Waals surface area (Å²) in [6, 6.07) is 12.9. The van der Waals surface area contributed by atoms with Crippen molar-refractivity contribution < 1.29 is 29.9 Å². The number of aliphatic hydroxyl groups excluding tert-OH is 4. The molecule has 0 spiro atoms. The Labute approximate surface area is 168 Å². The Bertz CT molecular complexity index is 779. The highest BCUT2D eigenvalue weighted by atomic mass is 35.5. The fraction of sp³-hybridized carbons (Fsp3) is 0.429. The summed E-state index contributed by atoms with van der Waals surface area (Å²) >= 11 is 6.35. The maximum Gasteiger partial charge on any atom is 0.119 e. The molecule has 6 nitrogen and oxygen atoms in total. The molecule has 0 saturated carbocycles. The van der Waals surface area contributed by atoms with Crippen molar-refractivity contribution in [2.45, 2.75) is 43.9 Å². The van der Waals surface area contributed by atoms with Crippen molar-refractivity contribution in [2.75, 3.05) is 13.2 Å². The Kier molecular flexibility index (Phi) is 6.93. The topological polar surface area (TPSA) is 99.4 Å². The third-order valence-corrected chi connectivity index (χ3v) is 5.29. The first kappa shape index (κ1) is 21.0. The molecule has 1 aliphatic rings. The van der Waals surface area contributed by atoms with Crippen LogP contribution in [0.3, 0.4) is 0 Å². The van der Waals surface area contributed by atoms with Crippen LogP contribution in [0.4, 0.5) is 0 Å². The average Bonchev–Trinajstić information content (AvgIpc) is 2.70. The second kappa shape index (κ2) is 9.22. The highest BCUT2D eigenvalue weighted by Gasteiger charge is 2.43. The van der Waals surface area contributed by atoms with Crippen LogP contribution in [-0.4, -0.2) is 58.1 Å². The van der Waals surface area contributed by atoms with Crippen LogP contribution in [0.1, 0.15) is 29.7 Å². The van der Waals surface area contributed by atoms with Crippen molar-refractivity contribution in [3.63, 3.8) is 0 Å². The summed E-state index contributed by atoms with van der Waals surface area (Å²) < 4.78 is 11.1. The van der Waals surface area contributed by atoms with Crippen LogP contribution in [0.2, 0.25) is 5.02 Å². The van der Waals surface area contributed by atoms with Crippen LogP contribution < -0.4 is 4.74 Å². The van der Waals surface area contributed by atoms with Gasteiger partial charge in [0.1, 0.15) is 36.3 Å². The van der Waals surface area contributed by atoms with Gasteiger partial charge in [0.2, 0.25) is 0 Å². The molecule has 3 rings (SSSR count). The van der Waals surface area contributed by atoms with Crippen molar-refractivity contribution in [3.8, 4) is 5.75 Å². The summed E-state index contributed by atoms with van der Waals surface area (Å²) in [6.45, 7) is 2.07. The van der Waals surface area contributed by atoms with Gasteiger partial charge in [0.25, 0.3) is 0 Å². The van der Waals surface area contributed by atoms with Gasteiger partial charge in [-0.3, -0.25) is 0 Å². The van der Waals surface area contributed by atoms with E-state index < -0.39 is 37.1 Å². The van der Waals surface area contributed by atoms with Gasteiger partial charge in [0.15, 0.2) is 0 Å². The fourth-order valence-corrected chi connectivity index (χ4v) is 3.56. The molecule has 28 heavy (non-hydrogen) atoms. The number of halogens is 1. The molecule has 2 aromatic carbocycles. The van der Waals surface area contributed by atoms with Crippen LogP contribution in [0, 0.1) is 0 Å². The van der Waals surface area contributed by atoms with Crippen LogP contribution in [0.5, 0.6) is 5.75 Å². The third kappa shape index (κ3) is 4.49. The number of hydrogen-bond donors (Lipinski definition) is 4. The maximum atomic E-state index is 10.3. The molecule has 1 fully saturated rings. The molecule has 152 valence electrons. The number of benzene rings is 2. The van der Waals surface area contributed by atoms with Gasteiger partial charge in [0.05, 0.1) is 13.2 Å². The molecule has 0 aromatic heterocycles. The van der Waals surface area contributed by atoms with E-state index in [1.54, 1.807) is 12.1 Å². The molecule has 0 amide bonds. The van der Waals surface area contributed by atoms with Gasteiger partial charge >= 0.3 is 0 Å². The molecule has 0 radical (unpaired) electrons. The Balaban J connectivity index is 1.82. The fourth-order valence-electron chi connectivity index (χ4n) is 3.37. The molecule has 0 aliphatic carbocycles. The number of aliphatic hydroxyl groups is 4. The van der Waals surface area contributed by atoms with E-state index >= 15 is 0 Å². The Morgan fingerprint density at radius 3 is 2.36 bits per heavy atom. The third-order valence-electron chi connectivity index (χ3n) is 4.92. The van der Waals surface area contributed by atoms with E-state index in [1.807, 2.05) is 37.3 Å². The normalized spacial score (nSPS) is 27.6. The van der Waals surface area contributed by atoms with E-state index in [0.717, 1.165) is 16.9 Å². The van der Waals surface area contributed by atoms with Gasteiger partial charge in [-0.05, 0) is 48.2 Å². The average molecular weight is 409 g/mol. The minimum absolute atomic E-state index is 0.464. The van der Waals surface area contributed by atoms with Crippen LogP contribution in [-0.2, 0) is 11.2 Å². The molecule has 1 heterocycles. The second-order valence-corrected chi connectivity index (χ2v) is 7.26. The molecule has 1 saturated heterocycles. The zero-order chi connectivity index (χ0) is 20.3. The van der Waals surface area contributed by atoms with Gasteiger partial charge in [0, 0.05) is 5.02 Å². The molecule has 5 atom stereocenters. The number of hydrogen-bond acceptors (Lipinski definition) is 6. The summed E-state index contributed by atoms with van der Waals surface area (Å²) in [7, 11) is 0. The van der Waals surface area contributed by atoms with E-state index in [0.29, 0.717) is 23.6 Å². The largest absolute Gasteiger partial charge is 0.494 e. The molecule has 0 unspecified atom stereocenters. The van der Waals surface area contributed by atoms with E-state index in [2.05, 4.69) is 0 Å². The Hall–Kier alpha value is -1.67. The monoisotopic (exact) mass is 408 g/mol. The van der Waals surface area contributed by atoms with Gasteiger partial charge in [-0.15, -0.1) is 0 Å². The van der Waals surface area contributed by atoms with E-state index in [9.17, 15) is 20.4 Å². The zero-order valence-corrected chi connectivity index (χ0v) is 16.3. The Morgan fingerprint density at radius 2 is 1.71 bits per heavy atom. The molecule has 2 aromatic rings. The van der Waals surface area contributed by atoms with Crippen molar-refractivity contribution in [1.29, 1.82) is 0 Å². The molecule has 4 N–H and O–H groups in total. The molecule has 1 aliphatic heterocycles. The molecular weight excluding hydrogens is 384 g/mol. The van der Waals surface area contributed by atoms with Crippen LogP contribution in [0.15, 0.2) is 42.5 Å². The summed E-state index contributed by atoms with van der Waals surface area (Å²) in [5.41, 5.74) is 2.49. The van der Waals surface area contributed by atoms with Crippen molar-refractivity contribution in [3.05, 3.63) is 64.2 Å². The van der Waals surface area contributed by atoms with E-state index in [1.165, 1.54) is 0 Å². The highest BCUT2D eigenvalue weighted by molar-refractivity contribution is 6.31. The lowest BCUT2D eigenvalue weighted by molar-refractivity contribution is -0.231. The summed E-state index contributed by atoms with van der Waals surface area (Å²) in [5, 5.41) is 40.3. The maximum absolute atomic E-state index is 10.3. The first-order valence-electron chi connectivity index (χ1n) is 9.25. The first-order valence-corrected chi connectivity index (χ1v) is 9.63. The first-order chi connectivity index (χ1) is 13.4. The Morgan fingerprint density at radius 1 is 1.00 bits per heavy atom. The van der Waals surface area contributed by atoms with Gasteiger partial charge in [-0.25, -0.2) is 0 Å². The lowest BCUT2D eigenvalue weighted by Gasteiger charge is -2.40. The van der Waals surface area contributed by atoms with E-state index in [-0.39, 0.29) is 0 Å². The van der Waals surface area contributed by atoms with Crippen LogP contribution >= 0.6 is 11.6 Å². The second-order valence-electron chi connectivity index (χ2n) is 6.85. The van der Waals surface area contributed by atoms with Gasteiger partial charge in [-0.2, -0.15) is 0 Å². The summed E-state index contributed by atoms with van der Waals surface area (Å²) in [5.74, 6) is 0.799. The molecule has 7 heteroatoms. The molecule has 0 bridgehead atoms.